The maximum Gasteiger partial charge on any atom is 0.178 e. The van der Waals surface area contributed by atoms with Gasteiger partial charge in [-0.3, -0.25) is 0 Å². The number of nitrogen functional groups attached to an aromatic ring is 1. The van der Waals surface area contributed by atoms with E-state index in [9.17, 15) is 8.42 Å². The van der Waals surface area contributed by atoms with Crippen molar-refractivity contribution in [1.29, 1.82) is 0 Å². The van der Waals surface area contributed by atoms with Crippen LogP contribution in [0.25, 0.3) is 11.1 Å². The highest BCUT2D eigenvalue weighted by Gasteiger charge is 2.16. The van der Waals surface area contributed by atoms with Crippen LogP contribution in [0.4, 0.5) is 5.69 Å². The van der Waals surface area contributed by atoms with Crippen LogP contribution in [0, 0.1) is 0 Å². The van der Waals surface area contributed by atoms with Crippen LogP contribution < -0.4 is 5.73 Å². The average molecular weight is 261 g/mol. The van der Waals surface area contributed by atoms with Crippen molar-refractivity contribution in [2.24, 2.45) is 0 Å². The van der Waals surface area contributed by atoms with Gasteiger partial charge in [-0.2, -0.15) is 0 Å². The summed E-state index contributed by atoms with van der Waals surface area (Å²) in [6, 6.07) is 14.2. The lowest BCUT2D eigenvalue weighted by molar-refractivity contribution is 0.597. The molecule has 18 heavy (non-hydrogen) atoms. The zero-order valence-corrected chi connectivity index (χ0v) is 10.9. The van der Waals surface area contributed by atoms with Crippen LogP contribution in [0.15, 0.2) is 53.4 Å². The molecule has 0 aromatic heterocycles. The number of sulfone groups is 1. The highest BCUT2D eigenvalue weighted by atomic mass is 32.2. The van der Waals surface area contributed by atoms with Gasteiger partial charge in [0.05, 0.1) is 10.6 Å². The smallest absolute Gasteiger partial charge is 0.178 e. The molecule has 2 aromatic carbocycles. The van der Waals surface area contributed by atoms with Crippen LogP contribution in [0.3, 0.4) is 0 Å². The number of hydrogen-bond acceptors (Lipinski definition) is 3. The van der Waals surface area contributed by atoms with E-state index in [0.717, 1.165) is 11.1 Å². The molecule has 0 aliphatic carbocycles. The molecule has 0 unspecified atom stereocenters. The molecule has 3 nitrogen and oxygen atoms in total. The van der Waals surface area contributed by atoms with Gasteiger partial charge >= 0.3 is 0 Å². The Labute approximate surface area is 107 Å². The third kappa shape index (κ3) is 2.38. The van der Waals surface area contributed by atoms with E-state index in [-0.39, 0.29) is 5.75 Å². The molecule has 0 saturated heterocycles. The van der Waals surface area contributed by atoms with Crippen molar-refractivity contribution >= 4 is 15.5 Å². The first-order chi connectivity index (χ1) is 8.54. The summed E-state index contributed by atoms with van der Waals surface area (Å²) >= 11 is 0. The van der Waals surface area contributed by atoms with Crippen LogP contribution >= 0.6 is 0 Å². The van der Waals surface area contributed by atoms with E-state index in [1.807, 2.05) is 24.3 Å². The van der Waals surface area contributed by atoms with Gasteiger partial charge in [-0.15, -0.1) is 0 Å². The van der Waals surface area contributed by atoms with Crippen molar-refractivity contribution in [3.05, 3.63) is 48.5 Å². The highest BCUT2D eigenvalue weighted by Crippen LogP contribution is 2.28. The number of nitrogens with two attached hydrogens (primary N) is 1. The standard InChI is InChI=1S/C14H15NO2S/c1-2-18(16,17)14-6-4-3-5-13(14)11-7-9-12(15)10-8-11/h3-10H,2,15H2,1H3. The second kappa shape index (κ2) is 4.82. The van der Waals surface area contributed by atoms with Crippen molar-refractivity contribution in [2.45, 2.75) is 11.8 Å². The van der Waals surface area contributed by atoms with Crippen LogP contribution in [0.2, 0.25) is 0 Å². The number of benzene rings is 2. The molecule has 0 bridgehead atoms. The Balaban J connectivity index is 2.62. The van der Waals surface area contributed by atoms with Gasteiger partial charge in [-0.05, 0) is 23.8 Å². The van der Waals surface area contributed by atoms with Crippen molar-refractivity contribution in [2.75, 3.05) is 11.5 Å². The Kier molecular flexibility index (Phi) is 3.39. The molecule has 4 heteroatoms. The Hall–Kier alpha value is -1.81. The second-order valence-corrected chi connectivity index (χ2v) is 6.27. The predicted molar refractivity (Wildman–Crippen MR) is 74.0 cm³/mol. The van der Waals surface area contributed by atoms with Gasteiger partial charge < -0.3 is 5.73 Å². The van der Waals surface area contributed by atoms with Gasteiger partial charge in [0.25, 0.3) is 0 Å². The first kappa shape index (κ1) is 12.6. The van der Waals surface area contributed by atoms with E-state index >= 15 is 0 Å². The molecule has 2 rings (SSSR count). The minimum Gasteiger partial charge on any atom is -0.399 e. The van der Waals surface area contributed by atoms with Crippen molar-refractivity contribution in [3.63, 3.8) is 0 Å². The summed E-state index contributed by atoms with van der Waals surface area (Å²) in [7, 11) is -3.22. The molecular formula is C14H15NO2S. The maximum atomic E-state index is 12.0. The molecule has 0 atom stereocenters. The van der Waals surface area contributed by atoms with Crippen molar-refractivity contribution < 1.29 is 8.42 Å². The molecule has 0 fully saturated rings. The minimum absolute atomic E-state index is 0.0962. The summed E-state index contributed by atoms with van der Waals surface area (Å²) in [6.45, 7) is 1.65. The van der Waals surface area contributed by atoms with Gasteiger partial charge in [0, 0.05) is 11.3 Å². The van der Waals surface area contributed by atoms with E-state index in [0.29, 0.717) is 10.6 Å². The molecule has 0 aliphatic rings. The lowest BCUT2D eigenvalue weighted by Crippen LogP contribution is -2.05. The largest absolute Gasteiger partial charge is 0.399 e. The molecule has 2 N–H and O–H groups in total. The SMILES string of the molecule is CCS(=O)(=O)c1ccccc1-c1ccc(N)cc1. The van der Waals surface area contributed by atoms with Gasteiger partial charge in [-0.25, -0.2) is 8.42 Å². The van der Waals surface area contributed by atoms with E-state index < -0.39 is 9.84 Å². The summed E-state index contributed by atoms with van der Waals surface area (Å²) in [5, 5.41) is 0. The van der Waals surface area contributed by atoms with Crippen LogP contribution in [-0.2, 0) is 9.84 Å². The summed E-state index contributed by atoms with van der Waals surface area (Å²) in [6.07, 6.45) is 0. The van der Waals surface area contributed by atoms with E-state index in [2.05, 4.69) is 0 Å². The Morgan fingerprint density at radius 2 is 1.61 bits per heavy atom. The number of anilines is 1. The Morgan fingerprint density at radius 1 is 1.00 bits per heavy atom. The fourth-order valence-corrected chi connectivity index (χ4v) is 2.91. The van der Waals surface area contributed by atoms with Gasteiger partial charge in [0.15, 0.2) is 9.84 Å². The predicted octanol–water partition coefficient (Wildman–Crippen LogP) is 2.73. The first-order valence-electron chi connectivity index (χ1n) is 5.72. The third-order valence-corrected chi connectivity index (χ3v) is 4.61. The van der Waals surface area contributed by atoms with Crippen LogP contribution in [0.5, 0.6) is 0 Å². The highest BCUT2D eigenvalue weighted by molar-refractivity contribution is 7.91. The van der Waals surface area contributed by atoms with Gasteiger partial charge in [0.2, 0.25) is 0 Å². The molecule has 94 valence electrons. The fourth-order valence-electron chi connectivity index (χ4n) is 1.79. The molecule has 0 saturated carbocycles. The maximum absolute atomic E-state index is 12.0. The molecule has 0 radical (unpaired) electrons. The van der Waals surface area contributed by atoms with Crippen LogP contribution in [-0.4, -0.2) is 14.2 Å². The summed E-state index contributed by atoms with van der Waals surface area (Å²) < 4.78 is 24.1. The van der Waals surface area contributed by atoms with E-state index in [1.165, 1.54) is 0 Å². The zero-order valence-electron chi connectivity index (χ0n) is 10.1. The monoisotopic (exact) mass is 261 g/mol. The summed E-state index contributed by atoms with van der Waals surface area (Å²) in [4.78, 5) is 0.372. The third-order valence-electron chi connectivity index (χ3n) is 2.82. The number of hydrogen-bond donors (Lipinski definition) is 1. The lowest BCUT2D eigenvalue weighted by Gasteiger charge is -2.09. The molecule has 0 aliphatic heterocycles. The van der Waals surface area contributed by atoms with Crippen LogP contribution in [0.1, 0.15) is 6.92 Å². The summed E-state index contributed by atoms with van der Waals surface area (Å²) in [5.74, 6) is 0.0962. The minimum atomic E-state index is -3.22. The average Bonchev–Trinajstić information content (AvgIpc) is 2.40. The lowest BCUT2D eigenvalue weighted by atomic mass is 10.1. The van der Waals surface area contributed by atoms with E-state index in [4.69, 9.17) is 5.73 Å². The molecular weight excluding hydrogens is 246 g/mol. The second-order valence-electron chi connectivity index (χ2n) is 4.02. The molecule has 0 amide bonds. The first-order valence-corrected chi connectivity index (χ1v) is 7.37. The topological polar surface area (TPSA) is 60.2 Å². The van der Waals surface area contributed by atoms with E-state index in [1.54, 1.807) is 31.2 Å². The molecule has 0 heterocycles. The zero-order chi connectivity index (χ0) is 13.2. The van der Waals surface area contributed by atoms with Crippen molar-refractivity contribution in [3.8, 4) is 11.1 Å². The molecule has 0 spiro atoms. The normalized spacial score (nSPS) is 11.4. The fraction of sp³-hybridized carbons (Fsp3) is 0.143. The quantitative estimate of drug-likeness (QED) is 0.864. The summed E-state index contributed by atoms with van der Waals surface area (Å²) in [5.41, 5.74) is 7.88. The van der Waals surface area contributed by atoms with Gasteiger partial charge in [0.1, 0.15) is 0 Å². The van der Waals surface area contributed by atoms with Gasteiger partial charge in [-0.1, -0.05) is 37.3 Å². The van der Waals surface area contributed by atoms with Crippen molar-refractivity contribution in [1.82, 2.24) is 0 Å². The molecule has 2 aromatic rings. The Bertz CT molecular complexity index is 646. The Morgan fingerprint density at radius 3 is 2.22 bits per heavy atom. The number of rotatable bonds is 3.